The lowest BCUT2D eigenvalue weighted by atomic mass is 9.99. The second-order valence-corrected chi connectivity index (χ2v) is 5.03. The van der Waals surface area contributed by atoms with Crippen LogP contribution in [0.15, 0.2) is 0 Å². The van der Waals surface area contributed by atoms with Gasteiger partial charge in [0.25, 0.3) is 0 Å². The Kier molecular flexibility index (Phi) is 4.02. The number of ether oxygens (including phenoxy) is 1. The van der Waals surface area contributed by atoms with E-state index >= 15 is 0 Å². The summed E-state index contributed by atoms with van der Waals surface area (Å²) in [6.07, 6.45) is -3.69. The molecular weight excluding hydrogens is 271 g/mol. The second kappa shape index (κ2) is 5.29. The molecule has 0 spiro atoms. The highest BCUT2D eigenvalue weighted by atomic mass is 19.4. The van der Waals surface area contributed by atoms with Gasteiger partial charge in [-0.25, -0.2) is 9.97 Å². The van der Waals surface area contributed by atoms with Crippen LogP contribution in [-0.2, 0) is 29.5 Å². The molecule has 1 N–H and O–H groups in total. The van der Waals surface area contributed by atoms with Crippen molar-refractivity contribution in [3.05, 3.63) is 22.8 Å². The molecule has 112 valence electrons. The Morgan fingerprint density at radius 2 is 2.00 bits per heavy atom. The molecule has 0 fully saturated rings. The largest absolute Gasteiger partial charge is 0.433 e. The lowest BCUT2D eigenvalue weighted by Gasteiger charge is -2.28. The molecule has 0 amide bonds. The van der Waals surface area contributed by atoms with Gasteiger partial charge in [-0.05, 0) is 26.3 Å². The van der Waals surface area contributed by atoms with Gasteiger partial charge in [-0.1, -0.05) is 6.92 Å². The molecule has 4 nitrogen and oxygen atoms in total. The Balaban J connectivity index is 2.62. The van der Waals surface area contributed by atoms with E-state index in [1.54, 1.807) is 6.92 Å². The van der Waals surface area contributed by atoms with Crippen LogP contribution in [0.25, 0.3) is 0 Å². The van der Waals surface area contributed by atoms with Gasteiger partial charge < -0.3 is 10.1 Å². The normalized spacial score (nSPS) is 18.5. The Hall–Kier alpha value is -1.21. The van der Waals surface area contributed by atoms with E-state index in [2.05, 4.69) is 15.3 Å². The molecule has 0 aromatic carbocycles. The highest BCUT2D eigenvalue weighted by Crippen LogP contribution is 2.35. The molecule has 20 heavy (non-hydrogen) atoms. The topological polar surface area (TPSA) is 47.0 Å². The first-order chi connectivity index (χ1) is 9.31. The quantitative estimate of drug-likeness (QED) is 0.928. The number of hydrogen-bond donors (Lipinski definition) is 1. The van der Waals surface area contributed by atoms with E-state index in [-0.39, 0.29) is 11.4 Å². The van der Waals surface area contributed by atoms with Crippen molar-refractivity contribution >= 4 is 0 Å². The van der Waals surface area contributed by atoms with Crippen LogP contribution in [0, 0.1) is 0 Å². The van der Waals surface area contributed by atoms with E-state index in [1.165, 1.54) is 7.11 Å². The summed E-state index contributed by atoms with van der Waals surface area (Å²) in [5, 5.41) is 3.04. The summed E-state index contributed by atoms with van der Waals surface area (Å²) >= 11 is 0. The van der Waals surface area contributed by atoms with Crippen molar-refractivity contribution in [2.24, 2.45) is 0 Å². The van der Waals surface area contributed by atoms with Crippen molar-refractivity contribution in [1.82, 2.24) is 15.3 Å². The van der Waals surface area contributed by atoms with Gasteiger partial charge in [-0.3, -0.25) is 0 Å². The van der Waals surface area contributed by atoms with Crippen molar-refractivity contribution in [2.75, 3.05) is 13.7 Å². The molecule has 1 atom stereocenters. The number of fused-ring (bicyclic) bond motifs is 1. The van der Waals surface area contributed by atoms with E-state index in [1.807, 2.05) is 6.92 Å². The third kappa shape index (κ3) is 2.64. The fourth-order valence-corrected chi connectivity index (χ4v) is 2.22. The molecule has 0 aliphatic carbocycles. The minimum Gasteiger partial charge on any atom is -0.371 e. The van der Waals surface area contributed by atoms with Gasteiger partial charge in [0.1, 0.15) is 5.60 Å². The molecule has 1 unspecified atom stereocenters. The highest BCUT2D eigenvalue weighted by Gasteiger charge is 2.40. The standard InChI is InChI=1S/C13H18F3N3O/c1-4-12(2,20-3)11-18-9-7-17-6-5-8(9)10(19-11)13(14,15)16/h17H,4-7H2,1-3H3. The third-order valence-electron chi connectivity index (χ3n) is 3.80. The lowest BCUT2D eigenvalue weighted by molar-refractivity contribution is -0.142. The average molecular weight is 289 g/mol. The number of hydrogen-bond acceptors (Lipinski definition) is 4. The third-order valence-corrected chi connectivity index (χ3v) is 3.80. The SMILES string of the molecule is CCC(C)(OC)c1nc2c(c(C(F)(F)F)n1)CCNC2. The first kappa shape index (κ1) is 15.2. The molecule has 2 rings (SSSR count). The zero-order valence-electron chi connectivity index (χ0n) is 11.8. The summed E-state index contributed by atoms with van der Waals surface area (Å²) in [5.41, 5.74) is -1.11. The maximum absolute atomic E-state index is 13.2. The summed E-state index contributed by atoms with van der Waals surface area (Å²) in [6, 6.07) is 0. The first-order valence-electron chi connectivity index (χ1n) is 6.55. The highest BCUT2D eigenvalue weighted by molar-refractivity contribution is 5.31. The maximum Gasteiger partial charge on any atom is 0.433 e. The van der Waals surface area contributed by atoms with Gasteiger partial charge in [0.05, 0.1) is 5.69 Å². The van der Waals surface area contributed by atoms with Gasteiger partial charge in [-0.15, -0.1) is 0 Å². The Morgan fingerprint density at radius 3 is 2.55 bits per heavy atom. The fraction of sp³-hybridized carbons (Fsp3) is 0.692. The first-order valence-corrected chi connectivity index (χ1v) is 6.55. The minimum atomic E-state index is -4.47. The fourth-order valence-electron chi connectivity index (χ4n) is 2.22. The molecule has 1 aliphatic heterocycles. The summed E-state index contributed by atoms with van der Waals surface area (Å²) in [5.74, 6) is 0.0947. The van der Waals surface area contributed by atoms with Crippen LogP contribution in [0.4, 0.5) is 13.2 Å². The Labute approximate surface area is 115 Å². The number of methoxy groups -OCH3 is 1. The number of halogens is 3. The van der Waals surface area contributed by atoms with Crippen LogP contribution in [0.2, 0.25) is 0 Å². The predicted octanol–water partition coefficient (Wildman–Crippen LogP) is 2.41. The average Bonchev–Trinajstić information content (AvgIpc) is 2.44. The van der Waals surface area contributed by atoms with Gasteiger partial charge in [0.2, 0.25) is 0 Å². The van der Waals surface area contributed by atoms with Gasteiger partial charge in [0.15, 0.2) is 11.5 Å². The van der Waals surface area contributed by atoms with E-state index in [4.69, 9.17) is 4.74 Å². The maximum atomic E-state index is 13.2. The van der Waals surface area contributed by atoms with Crippen LogP contribution in [0.1, 0.15) is 43.0 Å². The number of nitrogens with zero attached hydrogens (tertiary/aromatic N) is 2. The molecule has 1 aliphatic rings. The van der Waals surface area contributed by atoms with Gasteiger partial charge in [0, 0.05) is 19.2 Å². The van der Waals surface area contributed by atoms with Gasteiger partial charge in [-0.2, -0.15) is 13.2 Å². The summed E-state index contributed by atoms with van der Waals surface area (Å²) in [7, 11) is 1.46. The molecule has 0 saturated carbocycles. The summed E-state index contributed by atoms with van der Waals surface area (Å²) in [4.78, 5) is 8.08. The zero-order valence-corrected chi connectivity index (χ0v) is 11.8. The number of nitrogens with one attached hydrogen (secondary N) is 1. The Bertz CT molecular complexity index is 498. The summed E-state index contributed by atoms with van der Waals surface area (Å²) < 4.78 is 44.9. The second-order valence-electron chi connectivity index (χ2n) is 5.03. The van der Waals surface area contributed by atoms with E-state index in [0.29, 0.717) is 31.6 Å². The van der Waals surface area contributed by atoms with Crippen molar-refractivity contribution in [1.29, 1.82) is 0 Å². The molecule has 7 heteroatoms. The van der Waals surface area contributed by atoms with Crippen molar-refractivity contribution in [2.45, 2.75) is 45.0 Å². The van der Waals surface area contributed by atoms with Crippen LogP contribution in [0.5, 0.6) is 0 Å². The predicted molar refractivity (Wildman–Crippen MR) is 67.1 cm³/mol. The van der Waals surface area contributed by atoms with Crippen LogP contribution < -0.4 is 5.32 Å². The molecule has 0 radical (unpaired) electrons. The molecule has 1 aromatic heterocycles. The number of aromatic nitrogens is 2. The molecule has 0 saturated heterocycles. The monoisotopic (exact) mass is 289 g/mol. The number of alkyl halides is 3. The molecular formula is C13H18F3N3O. The van der Waals surface area contributed by atoms with E-state index in [0.717, 1.165) is 0 Å². The lowest BCUT2D eigenvalue weighted by Crippen LogP contribution is -2.33. The summed E-state index contributed by atoms with van der Waals surface area (Å²) in [6.45, 7) is 4.37. The number of rotatable bonds is 3. The van der Waals surface area contributed by atoms with Crippen LogP contribution in [-0.4, -0.2) is 23.6 Å². The van der Waals surface area contributed by atoms with Crippen molar-refractivity contribution in [3.8, 4) is 0 Å². The molecule has 2 heterocycles. The molecule has 1 aromatic rings. The minimum absolute atomic E-state index is 0.0947. The van der Waals surface area contributed by atoms with Crippen LogP contribution >= 0.6 is 0 Å². The van der Waals surface area contributed by atoms with Crippen LogP contribution in [0.3, 0.4) is 0 Å². The Morgan fingerprint density at radius 1 is 1.30 bits per heavy atom. The smallest absolute Gasteiger partial charge is 0.371 e. The van der Waals surface area contributed by atoms with Gasteiger partial charge >= 0.3 is 6.18 Å². The van der Waals surface area contributed by atoms with E-state index in [9.17, 15) is 13.2 Å². The van der Waals surface area contributed by atoms with E-state index < -0.39 is 17.5 Å². The van der Waals surface area contributed by atoms with Crippen molar-refractivity contribution in [3.63, 3.8) is 0 Å². The zero-order chi connectivity index (χ0) is 15.0. The molecule has 0 bridgehead atoms. The van der Waals surface area contributed by atoms with Crippen molar-refractivity contribution < 1.29 is 17.9 Å².